The Morgan fingerprint density at radius 3 is 2.71 bits per heavy atom. The van der Waals surface area contributed by atoms with E-state index in [1.165, 1.54) is 12.8 Å². The van der Waals surface area contributed by atoms with Gasteiger partial charge < -0.3 is 16.0 Å². The molecule has 2 aliphatic heterocycles. The zero-order valence-electron chi connectivity index (χ0n) is 12.6. The summed E-state index contributed by atoms with van der Waals surface area (Å²) in [6, 6.07) is -0.619. The van der Waals surface area contributed by atoms with Gasteiger partial charge in [0.1, 0.15) is 12.1 Å². The van der Waals surface area contributed by atoms with Crippen molar-refractivity contribution in [1.82, 2.24) is 15.1 Å². The lowest BCUT2D eigenvalue weighted by Crippen LogP contribution is -2.69. The zero-order valence-corrected chi connectivity index (χ0v) is 12.6. The van der Waals surface area contributed by atoms with E-state index in [1.807, 2.05) is 0 Å². The lowest BCUT2D eigenvalue weighted by molar-refractivity contribution is -0.153. The average molecular weight is 294 g/mol. The molecule has 3 fully saturated rings. The smallest absolute Gasteiger partial charge is 0.245 e. The number of piperazine rings is 2. The summed E-state index contributed by atoms with van der Waals surface area (Å²) in [6.45, 7) is 4.02. The summed E-state index contributed by atoms with van der Waals surface area (Å²) in [5.41, 5.74) is 5.48. The van der Waals surface area contributed by atoms with Crippen molar-refractivity contribution in [1.29, 1.82) is 0 Å². The van der Waals surface area contributed by atoms with Gasteiger partial charge in [0.25, 0.3) is 0 Å². The SMILES string of the molecule is NCCCC[C@@H]1NC(=O)[C@H]2CN(CC3CC3)CCN2C1=O. The van der Waals surface area contributed by atoms with Crippen molar-refractivity contribution in [2.45, 2.75) is 44.2 Å². The van der Waals surface area contributed by atoms with E-state index in [0.717, 1.165) is 31.8 Å². The van der Waals surface area contributed by atoms with Crippen LogP contribution in [0.4, 0.5) is 0 Å². The van der Waals surface area contributed by atoms with Crippen LogP contribution in [-0.4, -0.2) is 66.4 Å². The van der Waals surface area contributed by atoms with Crippen LogP contribution >= 0.6 is 0 Å². The van der Waals surface area contributed by atoms with E-state index in [9.17, 15) is 9.59 Å². The normalized spacial score (nSPS) is 30.2. The number of hydrogen-bond acceptors (Lipinski definition) is 4. The molecule has 3 rings (SSSR count). The van der Waals surface area contributed by atoms with Crippen molar-refractivity contribution in [3.05, 3.63) is 0 Å². The Labute approximate surface area is 126 Å². The van der Waals surface area contributed by atoms with Crippen LogP contribution < -0.4 is 11.1 Å². The quantitative estimate of drug-likeness (QED) is 0.650. The van der Waals surface area contributed by atoms with Crippen molar-refractivity contribution < 1.29 is 9.59 Å². The highest BCUT2D eigenvalue weighted by Crippen LogP contribution is 2.30. The van der Waals surface area contributed by atoms with Gasteiger partial charge in [-0.15, -0.1) is 0 Å². The van der Waals surface area contributed by atoms with Crippen molar-refractivity contribution >= 4 is 11.8 Å². The predicted octanol–water partition coefficient (Wildman–Crippen LogP) is -0.463. The van der Waals surface area contributed by atoms with E-state index in [-0.39, 0.29) is 23.9 Å². The Bertz CT molecular complexity index is 410. The standard InChI is InChI=1S/C15H26N4O2/c16-6-2-1-3-12-15(21)19-8-7-18(9-11-4-5-11)10-13(19)14(20)17-12/h11-13H,1-10,16H2,(H,17,20)/t12-,13+/m0/s1. The van der Waals surface area contributed by atoms with Gasteiger partial charge in [-0.05, 0) is 44.6 Å². The third-order valence-corrected chi connectivity index (χ3v) is 4.83. The average Bonchev–Trinajstić information content (AvgIpc) is 3.28. The molecule has 2 saturated heterocycles. The van der Waals surface area contributed by atoms with Gasteiger partial charge in [0.2, 0.25) is 11.8 Å². The van der Waals surface area contributed by atoms with Crippen molar-refractivity contribution in [2.75, 3.05) is 32.7 Å². The predicted molar refractivity (Wildman–Crippen MR) is 79.5 cm³/mol. The number of amides is 2. The Balaban J connectivity index is 1.57. The molecule has 2 heterocycles. The van der Waals surface area contributed by atoms with E-state index < -0.39 is 0 Å². The fourth-order valence-corrected chi connectivity index (χ4v) is 3.38. The fraction of sp³-hybridized carbons (Fsp3) is 0.867. The van der Waals surface area contributed by atoms with Crippen LogP contribution in [0, 0.1) is 5.92 Å². The molecule has 21 heavy (non-hydrogen) atoms. The van der Waals surface area contributed by atoms with E-state index in [0.29, 0.717) is 26.1 Å². The van der Waals surface area contributed by atoms with Gasteiger partial charge in [0.15, 0.2) is 0 Å². The molecule has 0 aromatic heterocycles. The molecular weight excluding hydrogens is 268 g/mol. The highest BCUT2D eigenvalue weighted by molar-refractivity contribution is 5.97. The summed E-state index contributed by atoms with van der Waals surface area (Å²) in [5.74, 6) is 0.943. The van der Waals surface area contributed by atoms with E-state index in [1.54, 1.807) is 4.90 Å². The third-order valence-electron chi connectivity index (χ3n) is 4.83. The van der Waals surface area contributed by atoms with Crippen LogP contribution in [0.5, 0.6) is 0 Å². The number of nitrogens with one attached hydrogen (secondary N) is 1. The molecule has 0 bridgehead atoms. The summed E-state index contributed by atoms with van der Waals surface area (Å²) in [7, 11) is 0. The van der Waals surface area contributed by atoms with Crippen molar-refractivity contribution in [3.8, 4) is 0 Å². The molecule has 0 aromatic rings. The molecular formula is C15H26N4O2. The van der Waals surface area contributed by atoms with E-state index >= 15 is 0 Å². The summed E-state index contributed by atoms with van der Waals surface area (Å²) >= 11 is 0. The fourth-order valence-electron chi connectivity index (χ4n) is 3.38. The molecule has 1 aliphatic carbocycles. The second kappa shape index (κ2) is 6.32. The van der Waals surface area contributed by atoms with Crippen LogP contribution in [0.3, 0.4) is 0 Å². The molecule has 0 aromatic carbocycles. The topological polar surface area (TPSA) is 78.7 Å². The first kappa shape index (κ1) is 14.8. The summed E-state index contributed by atoms with van der Waals surface area (Å²) in [4.78, 5) is 29.0. The van der Waals surface area contributed by atoms with Crippen LogP contribution in [0.2, 0.25) is 0 Å². The van der Waals surface area contributed by atoms with Gasteiger partial charge in [-0.25, -0.2) is 0 Å². The minimum absolute atomic E-state index is 0.0212. The van der Waals surface area contributed by atoms with Crippen LogP contribution in [0.1, 0.15) is 32.1 Å². The first-order valence-corrected chi connectivity index (χ1v) is 8.22. The molecule has 118 valence electrons. The minimum Gasteiger partial charge on any atom is -0.342 e. The molecule has 0 spiro atoms. The highest BCUT2D eigenvalue weighted by Gasteiger charge is 2.43. The molecule has 0 unspecified atom stereocenters. The monoisotopic (exact) mass is 294 g/mol. The lowest BCUT2D eigenvalue weighted by Gasteiger charge is -2.45. The van der Waals surface area contributed by atoms with Gasteiger partial charge >= 0.3 is 0 Å². The zero-order chi connectivity index (χ0) is 14.8. The second-order valence-electron chi connectivity index (χ2n) is 6.60. The number of hydrogen-bond donors (Lipinski definition) is 2. The largest absolute Gasteiger partial charge is 0.342 e. The molecule has 2 atom stereocenters. The molecule has 0 radical (unpaired) electrons. The maximum atomic E-state index is 12.5. The molecule has 6 heteroatoms. The maximum absolute atomic E-state index is 12.5. The molecule has 6 nitrogen and oxygen atoms in total. The Morgan fingerprint density at radius 1 is 1.19 bits per heavy atom. The van der Waals surface area contributed by atoms with Crippen molar-refractivity contribution in [2.24, 2.45) is 11.7 Å². The van der Waals surface area contributed by atoms with Gasteiger partial charge in [0, 0.05) is 26.2 Å². The summed E-state index contributed by atoms with van der Waals surface area (Å²) < 4.78 is 0. The molecule has 3 aliphatic rings. The van der Waals surface area contributed by atoms with Gasteiger partial charge in [-0.3, -0.25) is 14.5 Å². The highest BCUT2D eigenvalue weighted by atomic mass is 16.2. The Hall–Kier alpha value is -1.14. The number of nitrogens with two attached hydrogens (primary N) is 1. The third kappa shape index (κ3) is 3.37. The molecule has 3 N–H and O–H groups in total. The first-order chi connectivity index (χ1) is 10.2. The Kier molecular flexibility index (Phi) is 4.45. The van der Waals surface area contributed by atoms with Crippen molar-refractivity contribution in [3.63, 3.8) is 0 Å². The minimum atomic E-state index is -0.338. The molecule has 1 saturated carbocycles. The van der Waals surface area contributed by atoms with Crippen LogP contribution in [-0.2, 0) is 9.59 Å². The lowest BCUT2D eigenvalue weighted by atomic mass is 10.00. The first-order valence-electron chi connectivity index (χ1n) is 8.22. The number of rotatable bonds is 6. The van der Waals surface area contributed by atoms with Crippen LogP contribution in [0.25, 0.3) is 0 Å². The summed E-state index contributed by atoms with van der Waals surface area (Å²) in [5, 5.41) is 2.92. The van der Waals surface area contributed by atoms with E-state index in [2.05, 4.69) is 10.2 Å². The number of carbonyl (C=O) groups is 2. The Morgan fingerprint density at radius 2 is 2.00 bits per heavy atom. The number of fused-ring (bicyclic) bond motifs is 1. The molecule has 2 amide bonds. The number of nitrogens with zero attached hydrogens (tertiary/aromatic N) is 2. The second-order valence-corrected chi connectivity index (χ2v) is 6.60. The van der Waals surface area contributed by atoms with Gasteiger partial charge in [-0.1, -0.05) is 0 Å². The van der Waals surface area contributed by atoms with Gasteiger partial charge in [-0.2, -0.15) is 0 Å². The number of carbonyl (C=O) groups excluding carboxylic acids is 2. The number of unbranched alkanes of at least 4 members (excludes halogenated alkanes) is 1. The van der Waals surface area contributed by atoms with Crippen LogP contribution in [0.15, 0.2) is 0 Å². The summed E-state index contributed by atoms with van der Waals surface area (Å²) in [6.07, 6.45) is 5.13. The van der Waals surface area contributed by atoms with E-state index in [4.69, 9.17) is 5.73 Å². The van der Waals surface area contributed by atoms with Gasteiger partial charge in [0.05, 0.1) is 0 Å². The maximum Gasteiger partial charge on any atom is 0.245 e.